The van der Waals surface area contributed by atoms with Crippen LogP contribution in [0.25, 0.3) is 6.08 Å². The number of carbonyl (C=O) groups excluding carboxylic acids is 3. The van der Waals surface area contributed by atoms with Gasteiger partial charge in [-0.25, -0.2) is 10.2 Å². The summed E-state index contributed by atoms with van der Waals surface area (Å²) < 4.78 is 15.2. The van der Waals surface area contributed by atoms with Gasteiger partial charge in [0.25, 0.3) is 5.91 Å². The second-order valence-electron chi connectivity index (χ2n) is 6.10. The summed E-state index contributed by atoms with van der Waals surface area (Å²) >= 11 is 0. The van der Waals surface area contributed by atoms with Crippen LogP contribution in [0.3, 0.4) is 0 Å². The molecule has 1 aliphatic heterocycles. The molecule has 0 bridgehead atoms. The molecule has 2 N–H and O–H groups in total. The van der Waals surface area contributed by atoms with E-state index in [9.17, 15) is 14.4 Å². The number of esters is 2. The first-order valence-electron chi connectivity index (χ1n) is 9.03. The number of aromatic amines is 1. The zero-order valence-corrected chi connectivity index (χ0v) is 16.6. The summed E-state index contributed by atoms with van der Waals surface area (Å²) in [6, 6.07) is 3.47. The molecular formula is C20H20N4O6. The largest absolute Gasteiger partial charge is 0.479 e. The highest BCUT2D eigenvalue weighted by molar-refractivity contribution is 6.33. The van der Waals surface area contributed by atoms with E-state index in [1.54, 1.807) is 31.5 Å². The van der Waals surface area contributed by atoms with Crippen LogP contribution in [0.5, 0.6) is 5.88 Å². The highest BCUT2D eigenvalue weighted by Crippen LogP contribution is 2.30. The van der Waals surface area contributed by atoms with Gasteiger partial charge in [0.15, 0.2) is 5.88 Å². The summed E-state index contributed by atoms with van der Waals surface area (Å²) in [6.45, 7) is 2.05. The predicted octanol–water partition coefficient (Wildman–Crippen LogP) is 1.23. The Labute approximate surface area is 171 Å². The molecule has 2 aromatic heterocycles. The van der Waals surface area contributed by atoms with E-state index >= 15 is 0 Å². The van der Waals surface area contributed by atoms with Gasteiger partial charge < -0.3 is 19.2 Å². The van der Waals surface area contributed by atoms with Crippen molar-refractivity contribution in [3.63, 3.8) is 0 Å². The molecule has 0 spiro atoms. The third-order valence-corrected chi connectivity index (χ3v) is 4.31. The van der Waals surface area contributed by atoms with Gasteiger partial charge in [-0.2, -0.15) is 5.10 Å². The third-order valence-electron chi connectivity index (χ3n) is 4.31. The SMILES string of the molecule is CCOc1[nH]c(C=C2C(=O)NN=C2c2cccnc2)c(C(=O)OC)c1CC(=O)OC. The molecule has 3 rings (SSSR count). The second kappa shape index (κ2) is 9.03. The van der Waals surface area contributed by atoms with Gasteiger partial charge in [0.2, 0.25) is 0 Å². The lowest BCUT2D eigenvalue weighted by Crippen LogP contribution is -2.14. The van der Waals surface area contributed by atoms with Crippen LogP contribution in [0, 0.1) is 0 Å². The van der Waals surface area contributed by atoms with Crippen molar-refractivity contribution in [3.05, 3.63) is 52.5 Å². The number of nitrogens with zero attached hydrogens (tertiary/aromatic N) is 2. The van der Waals surface area contributed by atoms with Crippen molar-refractivity contribution >= 4 is 29.6 Å². The Bertz CT molecular complexity index is 1040. The number of nitrogens with one attached hydrogen (secondary N) is 2. The van der Waals surface area contributed by atoms with E-state index in [1.807, 2.05) is 0 Å². The zero-order valence-electron chi connectivity index (χ0n) is 16.6. The number of H-pyrrole nitrogens is 1. The number of pyridine rings is 1. The van der Waals surface area contributed by atoms with Crippen LogP contribution in [0.4, 0.5) is 0 Å². The molecule has 1 amide bonds. The molecule has 10 nitrogen and oxygen atoms in total. The highest BCUT2D eigenvalue weighted by Gasteiger charge is 2.29. The molecule has 0 fully saturated rings. The van der Waals surface area contributed by atoms with E-state index in [2.05, 4.69) is 20.5 Å². The normalized spacial score (nSPS) is 14.3. The summed E-state index contributed by atoms with van der Waals surface area (Å²) in [6.07, 6.45) is 4.41. The van der Waals surface area contributed by atoms with E-state index in [1.165, 1.54) is 20.3 Å². The van der Waals surface area contributed by atoms with E-state index in [4.69, 9.17) is 14.2 Å². The molecule has 0 unspecified atom stereocenters. The molecular weight excluding hydrogens is 392 g/mol. The maximum Gasteiger partial charge on any atom is 0.340 e. The molecule has 156 valence electrons. The van der Waals surface area contributed by atoms with E-state index < -0.39 is 17.8 Å². The van der Waals surface area contributed by atoms with Crippen molar-refractivity contribution in [2.24, 2.45) is 5.10 Å². The second-order valence-corrected chi connectivity index (χ2v) is 6.10. The highest BCUT2D eigenvalue weighted by atomic mass is 16.5. The maximum atomic E-state index is 12.5. The number of hydrogen-bond donors (Lipinski definition) is 2. The Balaban J connectivity index is 2.15. The fourth-order valence-corrected chi connectivity index (χ4v) is 2.97. The topological polar surface area (TPSA) is 132 Å². The fourth-order valence-electron chi connectivity index (χ4n) is 2.97. The van der Waals surface area contributed by atoms with Gasteiger partial charge in [-0.15, -0.1) is 0 Å². The van der Waals surface area contributed by atoms with Crippen LogP contribution in [0.15, 0.2) is 35.2 Å². The summed E-state index contributed by atoms with van der Waals surface area (Å²) in [4.78, 5) is 43.8. The van der Waals surface area contributed by atoms with Gasteiger partial charge in [-0.3, -0.25) is 14.6 Å². The van der Waals surface area contributed by atoms with Crippen molar-refractivity contribution in [2.75, 3.05) is 20.8 Å². The van der Waals surface area contributed by atoms with Crippen LogP contribution in [-0.2, 0) is 25.5 Å². The van der Waals surface area contributed by atoms with Gasteiger partial charge >= 0.3 is 11.9 Å². The Hall–Kier alpha value is -3.95. The third kappa shape index (κ3) is 4.07. The minimum atomic E-state index is -0.693. The van der Waals surface area contributed by atoms with Crippen LogP contribution in [-0.4, -0.2) is 54.4 Å². The van der Waals surface area contributed by atoms with Gasteiger partial charge in [0.05, 0.1) is 44.1 Å². The van der Waals surface area contributed by atoms with Crippen LogP contribution in [0.2, 0.25) is 0 Å². The molecule has 0 atom stereocenters. The van der Waals surface area contributed by atoms with Crippen molar-refractivity contribution < 1.29 is 28.6 Å². The minimum absolute atomic E-state index is 0.0732. The Morgan fingerprint density at radius 3 is 2.67 bits per heavy atom. The van der Waals surface area contributed by atoms with Crippen molar-refractivity contribution in [1.82, 2.24) is 15.4 Å². The Kier molecular flexibility index (Phi) is 6.26. The fraction of sp³-hybridized carbons (Fsp3) is 0.250. The van der Waals surface area contributed by atoms with E-state index in [0.29, 0.717) is 11.3 Å². The molecule has 2 aromatic rings. The molecule has 3 heterocycles. The molecule has 0 radical (unpaired) electrons. The number of ether oxygens (including phenoxy) is 3. The summed E-state index contributed by atoms with van der Waals surface area (Å²) in [7, 11) is 2.47. The number of amides is 1. The van der Waals surface area contributed by atoms with Gasteiger partial charge in [0, 0.05) is 23.5 Å². The first-order chi connectivity index (χ1) is 14.5. The lowest BCUT2D eigenvalue weighted by molar-refractivity contribution is -0.139. The lowest BCUT2D eigenvalue weighted by atomic mass is 10.0. The standard InChI is InChI=1S/C20H20N4O6/c1-4-30-19-12(9-15(25)28-2)16(20(27)29-3)14(22-19)8-13-17(23-24-18(13)26)11-6-5-7-21-10-11/h5-8,10,22H,4,9H2,1-3H3,(H,24,26). The lowest BCUT2D eigenvalue weighted by Gasteiger charge is -2.06. The molecule has 0 saturated carbocycles. The quantitative estimate of drug-likeness (QED) is 0.516. The first kappa shape index (κ1) is 20.8. The first-order valence-corrected chi connectivity index (χ1v) is 9.03. The molecule has 1 aliphatic rings. The zero-order chi connectivity index (χ0) is 21.7. The molecule has 0 aromatic carbocycles. The van der Waals surface area contributed by atoms with Crippen LogP contribution >= 0.6 is 0 Å². The molecule has 10 heteroatoms. The Morgan fingerprint density at radius 2 is 2.03 bits per heavy atom. The van der Waals surface area contributed by atoms with Crippen LogP contribution < -0.4 is 10.2 Å². The number of aromatic nitrogens is 2. The summed E-state index contributed by atoms with van der Waals surface area (Å²) in [5.74, 6) is -1.49. The molecule has 30 heavy (non-hydrogen) atoms. The molecule has 0 saturated heterocycles. The number of hydrogen-bond acceptors (Lipinski definition) is 8. The average Bonchev–Trinajstić information content (AvgIpc) is 3.29. The molecule has 0 aliphatic carbocycles. The van der Waals surface area contributed by atoms with Crippen molar-refractivity contribution in [2.45, 2.75) is 13.3 Å². The number of rotatable bonds is 7. The van der Waals surface area contributed by atoms with Crippen LogP contribution in [0.1, 0.15) is 34.1 Å². The minimum Gasteiger partial charge on any atom is -0.479 e. The number of carbonyl (C=O) groups is 3. The average molecular weight is 412 g/mol. The summed E-state index contributed by atoms with van der Waals surface area (Å²) in [5, 5.41) is 4.06. The smallest absolute Gasteiger partial charge is 0.340 e. The van der Waals surface area contributed by atoms with Crippen molar-refractivity contribution in [3.8, 4) is 5.88 Å². The van der Waals surface area contributed by atoms with Gasteiger partial charge in [-0.1, -0.05) is 0 Å². The maximum absolute atomic E-state index is 12.5. The van der Waals surface area contributed by atoms with Gasteiger partial charge in [-0.05, 0) is 25.1 Å². The number of methoxy groups -OCH3 is 2. The van der Waals surface area contributed by atoms with Crippen molar-refractivity contribution in [1.29, 1.82) is 0 Å². The predicted molar refractivity (Wildman–Crippen MR) is 106 cm³/mol. The number of hydrazone groups is 1. The van der Waals surface area contributed by atoms with Gasteiger partial charge in [0.1, 0.15) is 5.71 Å². The monoisotopic (exact) mass is 412 g/mol. The van der Waals surface area contributed by atoms with E-state index in [0.717, 1.165) is 0 Å². The summed E-state index contributed by atoms with van der Waals surface area (Å²) in [5.41, 5.74) is 4.20. The Morgan fingerprint density at radius 1 is 1.23 bits per heavy atom. The van der Waals surface area contributed by atoms with E-state index in [-0.39, 0.29) is 41.3 Å².